The van der Waals surface area contributed by atoms with Gasteiger partial charge in [0.25, 0.3) is 0 Å². The number of nitrogens with zero attached hydrogens (tertiary/aromatic N) is 3. The smallest absolute Gasteiger partial charge is 0.240 e. The molecule has 0 spiro atoms. The van der Waals surface area contributed by atoms with Gasteiger partial charge in [0.15, 0.2) is 0 Å². The number of rotatable bonds is 4. The van der Waals surface area contributed by atoms with Crippen molar-refractivity contribution in [3.8, 4) is 0 Å². The molecule has 2 heterocycles. The third-order valence-electron chi connectivity index (χ3n) is 3.20. The van der Waals surface area contributed by atoms with Crippen LogP contribution in [0.15, 0.2) is 51.6 Å². The van der Waals surface area contributed by atoms with Gasteiger partial charge >= 0.3 is 0 Å². The van der Waals surface area contributed by atoms with Crippen LogP contribution in [0.2, 0.25) is 0 Å². The highest BCUT2D eigenvalue weighted by Gasteiger charge is 2.05. The summed E-state index contributed by atoms with van der Waals surface area (Å²) in [6, 6.07) is 10.0. The Morgan fingerprint density at radius 3 is 2.91 bits per heavy atom. The summed E-state index contributed by atoms with van der Waals surface area (Å²) in [5, 5.41) is 8.13. The van der Waals surface area contributed by atoms with Crippen LogP contribution in [0.1, 0.15) is 28.5 Å². The summed E-state index contributed by atoms with van der Waals surface area (Å²) < 4.78 is 6.69. The molecule has 0 amide bonds. The molecule has 3 rings (SSSR count). The maximum Gasteiger partial charge on any atom is 0.240 e. The van der Waals surface area contributed by atoms with Crippen molar-refractivity contribution < 1.29 is 4.42 Å². The van der Waals surface area contributed by atoms with Crippen LogP contribution in [-0.4, -0.2) is 15.2 Å². The van der Waals surface area contributed by atoms with Gasteiger partial charge in [-0.3, -0.25) is 4.98 Å². The molecular weight excluding hydrogens is 342 g/mol. The Hall–Kier alpha value is -2.27. The fraction of sp³-hybridized carbons (Fsp3) is 0.118. The van der Waals surface area contributed by atoms with Crippen molar-refractivity contribution in [1.29, 1.82) is 0 Å². The van der Waals surface area contributed by atoms with E-state index in [1.54, 1.807) is 6.20 Å². The Balaban J connectivity index is 1.73. The van der Waals surface area contributed by atoms with Gasteiger partial charge in [0.1, 0.15) is 0 Å². The molecule has 0 aliphatic carbocycles. The number of aromatic nitrogens is 3. The number of hydrogen-bond donors (Lipinski definition) is 0. The highest BCUT2D eigenvalue weighted by Crippen LogP contribution is 2.16. The van der Waals surface area contributed by atoms with Crippen molar-refractivity contribution in [3.63, 3.8) is 0 Å². The van der Waals surface area contributed by atoms with E-state index in [4.69, 9.17) is 4.42 Å². The molecule has 0 bridgehead atoms. The SMILES string of the molecule is Cc1cnccc1/C=C/c1nnc(Cc2cccc(Br)c2)o1. The lowest BCUT2D eigenvalue weighted by atomic mass is 10.1. The monoisotopic (exact) mass is 355 g/mol. The Bertz CT molecular complexity index is 811. The average Bonchev–Trinajstić information content (AvgIpc) is 2.94. The molecule has 5 heteroatoms. The summed E-state index contributed by atoms with van der Waals surface area (Å²) in [6.45, 7) is 2.01. The number of hydrogen-bond acceptors (Lipinski definition) is 4. The molecule has 0 saturated heterocycles. The van der Waals surface area contributed by atoms with E-state index in [-0.39, 0.29) is 0 Å². The second kappa shape index (κ2) is 6.66. The normalized spacial score (nSPS) is 11.2. The van der Waals surface area contributed by atoms with Crippen molar-refractivity contribution in [1.82, 2.24) is 15.2 Å². The molecule has 4 nitrogen and oxygen atoms in total. The number of aryl methyl sites for hydroxylation is 1. The predicted molar refractivity (Wildman–Crippen MR) is 89.1 cm³/mol. The van der Waals surface area contributed by atoms with E-state index < -0.39 is 0 Å². The van der Waals surface area contributed by atoms with Crippen LogP contribution in [0.3, 0.4) is 0 Å². The third-order valence-corrected chi connectivity index (χ3v) is 3.69. The van der Waals surface area contributed by atoms with Gasteiger partial charge in [0.2, 0.25) is 11.8 Å². The molecular formula is C17H14BrN3O. The highest BCUT2D eigenvalue weighted by atomic mass is 79.9. The van der Waals surface area contributed by atoms with Crippen LogP contribution in [0, 0.1) is 6.92 Å². The molecule has 0 aliphatic rings. The second-order valence-corrected chi connectivity index (χ2v) is 5.82. The summed E-state index contributed by atoms with van der Waals surface area (Å²) >= 11 is 3.46. The Kier molecular flexibility index (Phi) is 4.44. The largest absolute Gasteiger partial charge is 0.421 e. The first-order chi connectivity index (χ1) is 10.7. The van der Waals surface area contributed by atoms with Gasteiger partial charge in [-0.05, 0) is 47.9 Å². The maximum atomic E-state index is 5.65. The van der Waals surface area contributed by atoms with Gasteiger partial charge in [0.05, 0.1) is 6.42 Å². The molecule has 0 N–H and O–H groups in total. The van der Waals surface area contributed by atoms with E-state index >= 15 is 0 Å². The lowest BCUT2D eigenvalue weighted by Crippen LogP contribution is -1.87. The topological polar surface area (TPSA) is 51.8 Å². The van der Waals surface area contributed by atoms with Gasteiger partial charge in [-0.1, -0.05) is 28.1 Å². The lowest BCUT2D eigenvalue weighted by Gasteiger charge is -1.97. The minimum Gasteiger partial charge on any atom is -0.421 e. The van der Waals surface area contributed by atoms with Crippen molar-refractivity contribution in [2.45, 2.75) is 13.3 Å². The maximum absolute atomic E-state index is 5.65. The number of halogens is 1. The first-order valence-electron chi connectivity index (χ1n) is 6.86. The van der Waals surface area contributed by atoms with Crippen LogP contribution >= 0.6 is 15.9 Å². The van der Waals surface area contributed by atoms with E-state index in [1.807, 2.05) is 55.6 Å². The van der Waals surface area contributed by atoms with E-state index in [9.17, 15) is 0 Å². The van der Waals surface area contributed by atoms with Crippen molar-refractivity contribution >= 4 is 28.1 Å². The van der Waals surface area contributed by atoms with Crippen LogP contribution in [0.5, 0.6) is 0 Å². The van der Waals surface area contributed by atoms with Crippen molar-refractivity contribution in [3.05, 3.63) is 75.7 Å². The van der Waals surface area contributed by atoms with Crippen LogP contribution in [0.4, 0.5) is 0 Å². The fourth-order valence-electron chi connectivity index (χ4n) is 2.06. The Morgan fingerprint density at radius 1 is 1.18 bits per heavy atom. The number of benzene rings is 1. The zero-order chi connectivity index (χ0) is 15.4. The first-order valence-corrected chi connectivity index (χ1v) is 7.65. The zero-order valence-electron chi connectivity index (χ0n) is 12.0. The quantitative estimate of drug-likeness (QED) is 0.700. The molecule has 0 aliphatic heterocycles. The average molecular weight is 356 g/mol. The Labute approximate surface area is 137 Å². The third kappa shape index (κ3) is 3.68. The molecule has 3 aromatic rings. The number of pyridine rings is 1. The predicted octanol–water partition coefficient (Wildman–Crippen LogP) is 4.30. The standard InChI is InChI=1S/C17H14BrN3O/c1-12-11-19-8-7-14(12)5-6-16-20-21-17(22-16)10-13-3-2-4-15(18)9-13/h2-9,11H,10H2,1H3/b6-5+. The lowest BCUT2D eigenvalue weighted by molar-refractivity contribution is 0.496. The molecule has 110 valence electrons. The summed E-state index contributed by atoms with van der Waals surface area (Å²) in [5.41, 5.74) is 3.31. The van der Waals surface area contributed by atoms with E-state index in [0.717, 1.165) is 21.2 Å². The van der Waals surface area contributed by atoms with Crippen molar-refractivity contribution in [2.24, 2.45) is 0 Å². The van der Waals surface area contributed by atoms with Gasteiger partial charge in [0, 0.05) is 22.9 Å². The highest BCUT2D eigenvalue weighted by molar-refractivity contribution is 9.10. The minimum absolute atomic E-state index is 0.501. The van der Waals surface area contributed by atoms with E-state index in [1.165, 1.54) is 0 Å². The van der Waals surface area contributed by atoms with Crippen LogP contribution in [0.25, 0.3) is 12.2 Å². The molecule has 0 unspecified atom stereocenters. The minimum atomic E-state index is 0.501. The van der Waals surface area contributed by atoms with Crippen LogP contribution in [-0.2, 0) is 6.42 Å². The molecule has 0 fully saturated rings. The van der Waals surface area contributed by atoms with Gasteiger partial charge in [-0.15, -0.1) is 10.2 Å². The fourth-order valence-corrected chi connectivity index (χ4v) is 2.51. The van der Waals surface area contributed by atoms with E-state index in [0.29, 0.717) is 18.2 Å². The van der Waals surface area contributed by atoms with Gasteiger partial charge < -0.3 is 4.42 Å². The molecule has 0 atom stereocenters. The summed E-state index contributed by atoms with van der Waals surface area (Å²) in [4.78, 5) is 4.07. The molecule has 0 saturated carbocycles. The van der Waals surface area contributed by atoms with Crippen molar-refractivity contribution in [2.75, 3.05) is 0 Å². The summed E-state index contributed by atoms with van der Waals surface area (Å²) in [5.74, 6) is 1.10. The van der Waals surface area contributed by atoms with Crippen LogP contribution < -0.4 is 0 Å². The zero-order valence-corrected chi connectivity index (χ0v) is 13.6. The molecule has 0 radical (unpaired) electrons. The second-order valence-electron chi connectivity index (χ2n) is 4.91. The van der Waals surface area contributed by atoms with Gasteiger partial charge in [-0.2, -0.15) is 0 Å². The first kappa shape index (κ1) is 14.7. The molecule has 22 heavy (non-hydrogen) atoms. The van der Waals surface area contributed by atoms with E-state index in [2.05, 4.69) is 31.1 Å². The molecule has 2 aromatic heterocycles. The van der Waals surface area contributed by atoms with Gasteiger partial charge in [-0.25, -0.2) is 0 Å². The summed E-state index contributed by atoms with van der Waals surface area (Å²) in [6.07, 6.45) is 7.98. The Morgan fingerprint density at radius 2 is 2.09 bits per heavy atom. The molecule has 1 aromatic carbocycles. The summed E-state index contributed by atoms with van der Waals surface area (Å²) in [7, 11) is 0.